The van der Waals surface area contributed by atoms with E-state index in [1.165, 1.54) is 0 Å². The summed E-state index contributed by atoms with van der Waals surface area (Å²) in [5.74, 6) is 4.10. The van der Waals surface area contributed by atoms with Crippen LogP contribution in [0.5, 0.6) is 0 Å². The summed E-state index contributed by atoms with van der Waals surface area (Å²) in [4.78, 5) is 31.5. The maximum Gasteiger partial charge on any atom is 0.282 e. The molecule has 1 rings (SSSR count). The van der Waals surface area contributed by atoms with Gasteiger partial charge in [0.05, 0.1) is 9.85 Å². The first-order valence-electron chi connectivity index (χ1n) is 4.57. The zero-order chi connectivity index (χ0) is 14.7. The molecule has 19 heavy (non-hydrogen) atoms. The third-order valence-electron chi connectivity index (χ3n) is 2.07. The van der Waals surface area contributed by atoms with Crippen molar-refractivity contribution in [1.82, 2.24) is 5.01 Å². The van der Waals surface area contributed by atoms with Crippen LogP contribution in [0.25, 0.3) is 0 Å². The summed E-state index contributed by atoms with van der Waals surface area (Å²) in [5, 5.41) is 21.1. The van der Waals surface area contributed by atoms with Crippen molar-refractivity contribution in [3.8, 4) is 0 Å². The number of rotatable bonds is 3. The number of hydrazine groups is 1. The van der Waals surface area contributed by atoms with Crippen molar-refractivity contribution >= 4 is 34.6 Å². The summed E-state index contributed by atoms with van der Waals surface area (Å²) in [6.45, 7) is 0. The Hall–Kier alpha value is -2.66. The van der Waals surface area contributed by atoms with Crippen molar-refractivity contribution in [2.45, 2.75) is 0 Å². The largest absolute Gasteiger partial charge is 0.375 e. The van der Waals surface area contributed by atoms with Crippen LogP contribution in [0.4, 0.5) is 11.4 Å². The molecule has 0 aromatic heterocycles. The van der Waals surface area contributed by atoms with Gasteiger partial charge in [-0.25, -0.2) is 10.9 Å². The maximum atomic E-state index is 11.8. The fourth-order valence-corrected chi connectivity index (χ4v) is 1.28. The number of carbonyl (C=O) groups is 1. The van der Waals surface area contributed by atoms with Crippen LogP contribution in [-0.2, 0) is 0 Å². The Morgan fingerprint density at radius 3 is 2.26 bits per heavy atom. The first-order valence-corrected chi connectivity index (χ1v) is 4.98. The highest BCUT2D eigenvalue weighted by atomic mass is 32.1. The lowest BCUT2D eigenvalue weighted by atomic mass is 10.1. The smallest absolute Gasteiger partial charge is 0.282 e. The van der Waals surface area contributed by atoms with Gasteiger partial charge in [0.15, 0.2) is 5.11 Å². The van der Waals surface area contributed by atoms with Crippen LogP contribution in [0.15, 0.2) is 18.2 Å². The number of non-ortho nitro benzene ring substituents is 1. The van der Waals surface area contributed by atoms with E-state index in [9.17, 15) is 25.0 Å². The lowest BCUT2D eigenvalue weighted by Crippen LogP contribution is -2.45. The second kappa shape index (κ2) is 5.32. The van der Waals surface area contributed by atoms with Crippen molar-refractivity contribution in [3.63, 3.8) is 0 Å². The molecule has 1 amide bonds. The normalized spacial score (nSPS) is 9.74. The minimum absolute atomic E-state index is 0.293. The Bertz CT molecular complexity index is 589. The first-order chi connectivity index (χ1) is 8.75. The van der Waals surface area contributed by atoms with Gasteiger partial charge in [-0.2, -0.15) is 0 Å². The Morgan fingerprint density at radius 1 is 1.26 bits per heavy atom. The molecule has 0 aliphatic carbocycles. The van der Waals surface area contributed by atoms with Gasteiger partial charge in [-0.15, -0.1) is 0 Å². The third kappa shape index (κ3) is 2.97. The van der Waals surface area contributed by atoms with E-state index < -0.39 is 37.8 Å². The molecular weight excluding hydrogens is 278 g/mol. The average molecular weight is 285 g/mol. The fraction of sp³-hybridized carbons (Fsp3) is 0. The minimum Gasteiger partial charge on any atom is -0.375 e. The molecule has 0 radical (unpaired) electrons. The van der Waals surface area contributed by atoms with Crippen molar-refractivity contribution in [2.75, 3.05) is 0 Å². The monoisotopic (exact) mass is 285 g/mol. The molecular formula is C8H7N5O5S. The SMILES string of the molecule is NC(=S)N(N)C(=O)c1cc([N+](=O)[O-])ccc1[N+](=O)[O-]. The lowest BCUT2D eigenvalue weighted by molar-refractivity contribution is -0.389. The molecule has 0 aliphatic heterocycles. The zero-order valence-corrected chi connectivity index (χ0v) is 9.99. The molecule has 0 saturated heterocycles. The maximum absolute atomic E-state index is 11.8. The molecule has 4 N–H and O–H groups in total. The van der Waals surface area contributed by atoms with Gasteiger partial charge in [-0.1, -0.05) is 0 Å². The number of nitrogens with two attached hydrogens (primary N) is 2. The Balaban J connectivity index is 3.40. The molecule has 10 nitrogen and oxygen atoms in total. The quantitative estimate of drug-likeness (QED) is 0.259. The number of thiocarbonyl (C=S) groups is 1. The molecule has 0 heterocycles. The molecule has 1 aromatic carbocycles. The van der Waals surface area contributed by atoms with Gasteiger partial charge in [0.2, 0.25) is 0 Å². The summed E-state index contributed by atoms with van der Waals surface area (Å²) in [6.07, 6.45) is 0. The van der Waals surface area contributed by atoms with Crippen molar-refractivity contribution in [1.29, 1.82) is 0 Å². The molecule has 0 fully saturated rings. The molecule has 0 spiro atoms. The van der Waals surface area contributed by atoms with Crippen LogP contribution >= 0.6 is 12.2 Å². The van der Waals surface area contributed by atoms with Crippen LogP contribution in [0, 0.1) is 20.2 Å². The van der Waals surface area contributed by atoms with Crippen molar-refractivity contribution < 1.29 is 14.6 Å². The van der Waals surface area contributed by atoms with E-state index in [2.05, 4.69) is 12.2 Å². The second-order valence-electron chi connectivity index (χ2n) is 3.23. The van der Waals surface area contributed by atoms with Gasteiger partial charge in [0.1, 0.15) is 5.56 Å². The van der Waals surface area contributed by atoms with Crippen molar-refractivity contribution in [2.24, 2.45) is 11.6 Å². The van der Waals surface area contributed by atoms with E-state index in [-0.39, 0.29) is 0 Å². The standard InChI is InChI=1S/C8H7N5O5S/c9-8(19)11(10)7(14)5-3-4(12(15)16)1-2-6(5)13(17)18/h1-3H,10H2,(H2,9,19). The van der Waals surface area contributed by atoms with E-state index in [0.717, 1.165) is 18.2 Å². The summed E-state index contributed by atoms with van der Waals surface area (Å²) >= 11 is 4.44. The number of amides is 1. The van der Waals surface area contributed by atoms with E-state index >= 15 is 0 Å². The zero-order valence-electron chi connectivity index (χ0n) is 9.18. The van der Waals surface area contributed by atoms with Crippen molar-refractivity contribution in [3.05, 3.63) is 44.0 Å². The van der Waals surface area contributed by atoms with E-state index in [1.807, 2.05) is 0 Å². The highest BCUT2D eigenvalue weighted by Gasteiger charge is 2.27. The number of benzene rings is 1. The summed E-state index contributed by atoms with van der Waals surface area (Å²) in [6, 6.07) is 2.47. The molecule has 0 unspecified atom stereocenters. The van der Waals surface area contributed by atoms with Crippen LogP contribution in [0.2, 0.25) is 0 Å². The van der Waals surface area contributed by atoms with Crippen LogP contribution in [-0.4, -0.2) is 25.9 Å². The second-order valence-corrected chi connectivity index (χ2v) is 3.65. The predicted octanol–water partition coefficient (Wildman–Crippen LogP) is 0.0625. The van der Waals surface area contributed by atoms with Gasteiger partial charge >= 0.3 is 0 Å². The number of nitro groups is 2. The number of nitrogens with zero attached hydrogens (tertiary/aromatic N) is 3. The highest BCUT2D eigenvalue weighted by Crippen LogP contribution is 2.24. The van der Waals surface area contributed by atoms with Gasteiger partial charge in [-0.3, -0.25) is 25.0 Å². The molecule has 100 valence electrons. The van der Waals surface area contributed by atoms with Crippen LogP contribution in [0.1, 0.15) is 10.4 Å². The summed E-state index contributed by atoms with van der Waals surface area (Å²) < 4.78 is 0. The van der Waals surface area contributed by atoms with Crippen LogP contribution < -0.4 is 11.6 Å². The summed E-state index contributed by atoms with van der Waals surface area (Å²) in [5.41, 5.74) is 3.40. The van der Waals surface area contributed by atoms with E-state index in [4.69, 9.17) is 11.6 Å². The van der Waals surface area contributed by atoms with Gasteiger partial charge < -0.3 is 5.73 Å². The summed E-state index contributed by atoms with van der Waals surface area (Å²) in [7, 11) is 0. The molecule has 0 saturated carbocycles. The Labute approximate surface area is 110 Å². The number of nitro benzene ring substituents is 2. The van der Waals surface area contributed by atoms with Crippen LogP contribution in [0.3, 0.4) is 0 Å². The van der Waals surface area contributed by atoms with Gasteiger partial charge in [-0.05, 0) is 12.2 Å². The Morgan fingerprint density at radius 2 is 1.84 bits per heavy atom. The predicted molar refractivity (Wildman–Crippen MR) is 66.9 cm³/mol. The van der Waals surface area contributed by atoms with E-state index in [1.54, 1.807) is 0 Å². The molecule has 0 atom stereocenters. The Kier molecular flexibility index (Phi) is 4.04. The fourth-order valence-electron chi connectivity index (χ4n) is 1.20. The minimum atomic E-state index is -1.11. The molecule has 11 heteroatoms. The highest BCUT2D eigenvalue weighted by molar-refractivity contribution is 7.80. The number of hydrogen-bond donors (Lipinski definition) is 2. The van der Waals surface area contributed by atoms with Gasteiger partial charge in [0, 0.05) is 18.2 Å². The topological polar surface area (TPSA) is 159 Å². The number of hydrogen-bond acceptors (Lipinski definition) is 7. The molecule has 0 bridgehead atoms. The molecule has 1 aromatic rings. The third-order valence-corrected chi connectivity index (χ3v) is 2.27. The van der Waals surface area contributed by atoms with E-state index in [0.29, 0.717) is 5.01 Å². The van der Waals surface area contributed by atoms with Gasteiger partial charge in [0.25, 0.3) is 17.3 Å². The lowest BCUT2D eigenvalue weighted by Gasteiger charge is -2.13. The average Bonchev–Trinajstić information content (AvgIpc) is 2.35. The first kappa shape index (κ1) is 14.4. The molecule has 0 aliphatic rings. The number of carbonyl (C=O) groups excluding carboxylic acids is 1.